The van der Waals surface area contributed by atoms with E-state index < -0.39 is 0 Å². The van der Waals surface area contributed by atoms with Gasteiger partial charge in [0.2, 0.25) is 0 Å². The minimum Gasteiger partial charge on any atom is -0.328 e. The van der Waals surface area contributed by atoms with Gasteiger partial charge in [-0.3, -0.25) is 9.98 Å². The largest absolute Gasteiger partial charge is 0.328 e. The predicted molar refractivity (Wildman–Crippen MR) is 77.5 cm³/mol. The van der Waals surface area contributed by atoms with Crippen molar-refractivity contribution >= 4 is 11.9 Å². The first-order valence-electron chi connectivity index (χ1n) is 6.46. The first-order chi connectivity index (χ1) is 9.79. The number of aliphatic imine (C=N–C) groups is 1. The zero-order valence-corrected chi connectivity index (χ0v) is 10.8. The quantitative estimate of drug-likeness (QED) is 0.867. The van der Waals surface area contributed by atoms with E-state index in [1.807, 2.05) is 24.3 Å². The second kappa shape index (κ2) is 5.35. The van der Waals surface area contributed by atoms with E-state index >= 15 is 0 Å². The fourth-order valence-corrected chi connectivity index (χ4v) is 2.21. The van der Waals surface area contributed by atoms with Crippen LogP contribution in [0.2, 0.25) is 0 Å². The Hall–Kier alpha value is -2.33. The molecule has 2 N–H and O–H groups in total. The van der Waals surface area contributed by atoms with Crippen LogP contribution in [0.15, 0.2) is 58.5 Å². The maximum absolute atomic E-state index is 14.0. The Labute approximate surface area is 116 Å². The Morgan fingerprint density at radius 3 is 2.60 bits per heavy atom. The molecule has 1 atom stereocenters. The van der Waals surface area contributed by atoms with E-state index in [1.54, 1.807) is 24.4 Å². The summed E-state index contributed by atoms with van der Waals surface area (Å²) in [5.74, 6) is -0.291. The maximum Gasteiger partial charge on any atom is 0.132 e. The van der Waals surface area contributed by atoms with Crippen molar-refractivity contribution in [3.8, 4) is 0 Å². The van der Waals surface area contributed by atoms with Crippen molar-refractivity contribution in [1.82, 2.24) is 0 Å². The summed E-state index contributed by atoms with van der Waals surface area (Å²) in [6.45, 7) is 0.377. The summed E-state index contributed by atoms with van der Waals surface area (Å²) in [4.78, 5) is 8.97. The predicted octanol–water partition coefficient (Wildman–Crippen LogP) is 1.01. The lowest BCUT2D eigenvalue weighted by atomic mass is 10.1. The van der Waals surface area contributed by atoms with Crippen LogP contribution in [0.5, 0.6) is 0 Å². The number of nitrogens with two attached hydrogens (primary N) is 1. The smallest absolute Gasteiger partial charge is 0.132 e. The Kier molecular flexibility index (Phi) is 3.39. The van der Waals surface area contributed by atoms with Crippen molar-refractivity contribution in [2.24, 2.45) is 15.7 Å². The topological polar surface area (TPSA) is 50.7 Å². The van der Waals surface area contributed by atoms with Crippen LogP contribution in [0.1, 0.15) is 5.56 Å². The number of hydrogen-bond donors (Lipinski definition) is 1. The molecule has 1 unspecified atom stereocenters. The molecular formula is C16H14FN3. The molecule has 0 amide bonds. The summed E-state index contributed by atoms with van der Waals surface area (Å²) >= 11 is 0. The van der Waals surface area contributed by atoms with E-state index in [0.29, 0.717) is 17.8 Å². The van der Waals surface area contributed by atoms with Gasteiger partial charge in [-0.15, -0.1) is 0 Å². The van der Waals surface area contributed by atoms with Gasteiger partial charge < -0.3 is 5.73 Å². The molecule has 0 saturated carbocycles. The molecule has 4 heteroatoms. The van der Waals surface area contributed by atoms with Gasteiger partial charge in [0.05, 0.1) is 17.1 Å². The Balaban J connectivity index is 2.35. The van der Waals surface area contributed by atoms with Crippen LogP contribution in [0, 0.1) is 5.82 Å². The highest BCUT2D eigenvalue weighted by atomic mass is 19.1. The Morgan fingerprint density at radius 1 is 1.05 bits per heavy atom. The molecular weight excluding hydrogens is 253 g/mol. The van der Waals surface area contributed by atoms with Crippen LogP contribution < -0.4 is 16.3 Å². The fraction of sp³-hybridized carbons (Fsp3) is 0.125. The van der Waals surface area contributed by atoms with Crippen molar-refractivity contribution in [3.63, 3.8) is 0 Å². The van der Waals surface area contributed by atoms with Crippen LogP contribution in [-0.4, -0.2) is 18.8 Å². The summed E-state index contributed by atoms with van der Waals surface area (Å²) in [6.07, 6.45) is 1.68. The minimum atomic E-state index is -0.291. The third kappa shape index (κ3) is 2.26. The van der Waals surface area contributed by atoms with E-state index in [1.165, 1.54) is 6.07 Å². The molecule has 20 heavy (non-hydrogen) atoms. The fourth-order valence-electron chi connectivity index (χ4n) is 2.21. The molecule has 3 nitrogen and oxygen atoms in total. The lowest BCUT2D eigenvalue weighted by Gasteiger charge is -2.03. The molecule has 3 rings (SSSR count). The second-order valence-electron chi connectivity index (χ2n) is 4.56. The van der Waals surface area contributed by atoms with E-state index in [0.717, 1.165) is 10.6 Å². The third-order valence-corrected chi connectivity index (χ3v) is 3.21. The van der Waals surface area contributed by atoms with Crippen molar-refractivity contribution < 1.29 is 4.39 Å². The Bertz CT molecular complexity index is 780. The van der Waals surface area contributed by atoms with Gasteiger partial charge in [-0.2, -0.15) is 0 Å². The van der Waals surface area contributed by atoms with Crippen molar-refractivity contribution in [3.05, 3.63) is 70.5 Å². The van der Waals surface area contributed by atoms with Crippen molar-refractivity contribution in [1.29, 1.82) is 0 Å². The summed E-state index contributed by atoms with van der Waals surface area (Å²) < 4.78 is 14.0. The number of nitrogens with zero attached hydrogens (tertiary/aromatic N) is 2. The lowest BCUT2D eigenvalue weighted by molar-refractivity contribution is 0.623. The lowest BCUT2D eigenvalue weighted by Crippen LogP contribution is -2.29. The van der Waals surface area contributed by atoms with E-state index in [9.17, 15) is 4.39 Å². The standard InChI is InChI=1S/C16H14FN3/c17-14-7-3-1-5-12(14)16-13-6-2-4-8-15(13)20-11(9-18)10-19-16/h1-8,10-11H,9,18H2. The monoisotopic (exact) mass is 267 g/mol. The SMILES string of the molecule is NCC1C=NC(c2ccccc2F)=c2ccccc2=N1. The minimum absolute atomic E-state index is 0.180. The normalized spacial score (nSPS) is 17.3. The molecule has 0 radical (unpaired) electrons. The summed E-state index contributed by atoms with van der Waals surface area (Å²) in [7, 11) is 0. The summed E-state index contributed by atoms with van der Waals surface area (Å²) in [5, 5.41) is 1.61. The Morgan fingerprint density at radius 2 is 1.80 bits per heavy atom. The van der Waals surface area contributed by atoms with Crippen LogP contribution in [0.25, 0.3) is 5.70 Å². The molecule has 0 aromatic heterocycles. The number of benzene rings is 2. The first-order valence-corrected chi connectivity index (χ1v) is 6.46. The zero-order chi connectivity index (χ0) is 13.9. The van der Waals surface area contributed by atoms with Gasteiger partial charge in [-0.05, 0) is 18.2 Å². The van der Waals surface area contributed by atoms with Crippen molar-refractivity contribution in [2.75, 3.05) is 6.54 Å². The zero-order valence-electron chi connectivity index (χ0n) is 10.8. The van der Waals surface area contributed by atoms with Gasteiger partial charge in [-0.1, -0.05) is 30.3 Å². The molecule has 1 aliphatic rings. The average Bonchev–Trinajstić information content (AvgIpc) is 2.67. The molecule has 2 aromatic carbocycles. The second-order valence-corrected chi connectivity index (χ2v) is 4.56. The maximum atomic E-state index is 14.0. The van der Waals surface area contributed by atoms with E-state index in [4.69, 9.17) is 5.73 Å². The third-order valence-electron chi connectivity index (χ3n) is 3.21. The highest BCUT2D eigenvalue weighted by Gasteiger charge is 2.11. The number of fused-ring (bicyclic) bond motifs is 1. The van der Waals surface area contributed by atoms with Gasteiger partial charge in [0.1, 0.15) is 5.82 Å². The van der Waals surface area contributed by atoms with Crippen LogP contribution in [-0.2, 0) is 0 Å². The summed E-state index contributed by atoms with van der Waals surface area (Å²) in [5.41, 5.74) is 6.75. The highest BCUT2D eigenvalue weighted by molar-refractivity contribution is 5.77. The van der Waals surface area contributed by atoms with Gasteiger partial charge >= 0.3 is 0 Å². The van der Waals surface area contributed by atoms with E-state index in [-0.39, 0.29) is 11.9 Å². The molecule has 1 aliphatic heterocycles. The molecule has 0 saturated heterocycles. The molecule has 0 bridgehead atoms. The molecule has 0 aliphatic carbocycles. The molecule has 0 spiro atoms. The summed E-state index contributed by atoms with van der Waals surface area (Å²) in [6, 6.07) is 14.0. The molecule has 0 fully saturated rings. The highest BCUT2D eigenvalue weighted by Crippen LogP contribution is 2.16. The van der Waals surface area contributed by atoms with Gasteiger partial charge in [-0.25, -0.2) is 4.39 Å². The van der Waals surface area contributed by atoms with Crippen LogP contribution in [0.3, 0.4) is 0 Å². The number of rotatable bonds is 2. The van der Waals surface area contributed by atoms with Gasteiger partial charge in [0.25, 0.3) is 0 Å². The van der Waals surface area contributed by atoms with Crippen LogP contribution in [0.4, 0.5) is 4.39 Å². The average molecular weight is 267 g/mol. The first kappa shape index (κ1) is 12.7. The number of para-hydroxylation sites is 1. The van der Waals surface area contributed by atoms with Crippen LogP contribution >= 0.6 is 0 Å². The van der Waals surface area contributed by atoms with E-state index in [2.05, 4.69) is 9.98 Å². The number of hydrogen-bond acceptors (Lipinski definition) is 3. The molecule has 2 aromatic rings. The molecule has 100 valence electrons. The van der Waals surface area contributed by atoms with Crippen molar-refractivity contribution in [2.45, 2.75) is 6.04 Å². The number of halogens is 1. The molecule has 1 heterocycles. The van der Waals surface area contributed by atoms with Gasteiger partial charge in [0.15, 0.2) is 0 Å². The van der Waals surface area contributed by atoms with Gasteiger partial charge in [0, 0.05) is 23.5 Å².